The number of carbonyl (C=O) groups is 16. The van der Waals surface area contributed by atoms with Gasteiger partial charge in [0.25, 0.3) is 0 Å². The molecule has 72 heavy (non-hydrogen) atoms. The second kappa shape index (κ2) is 36.2. The molecule has 0 atom stereocenters. The van der Waals surface area contributed by atoms with E-state index in [2.05, 4.69) is 40.2 Å². The number of rotatable bonds is 37. The van der Waals surface area contributed by atoms with E-state index in [9.17, 15) is 76.7 Å². The molecule has 0 radical (unpaired) electrons. The number of hydrogen-bond acceptors (Lipinski definition) is 22. The number of Topliss-reactive ketones (excluding diaryl/α,β-unsaturated/α-hetero) is 4. The van der Waals surface area contributed by atoms with Gasteiger partial charge in [0.2, 0.25) is 47.3 Å². The Morgan fingerprint density at radius 3 is 1.11 bits per heavy atom. The van der Waals surface area contributed by atoms with E-state index in [0.29, 0.717) is 0 Å². The number of nitrogens with two attached hydrogens (primary N) is 2. The minimum absolute atomic E-state index is 0.00367. The molecule has 0 aromatic carbocycles. The maximum absolute atomic E-state index is 13.0. The molecule has 0 aromatic rings. The van der Waals surface area contributed by atoms with Gasteiger partial charge < -0.3 is 71.3 Å². The lowest BCUT2D eigenvalue weighted by Gasteiger charge is -2.22. The first-order chi connectivity index (χ1) is 34.0. The van der Waals surface area contributed by atoms with Crippen LogP contribution in [0.5, 0.6) is 0 Å². The van der Waals surface area contributed by atoms with Crippen LogP contribution >= 0.6 is 0 Å². The predicted octanol–water partition coefficient (Wildman–Crippen LogP) is -7.23. The molecule has 0 bridgehead atoms. The van der Waals surface area contributed by atoms with Gasteiger partial charge in [0.15, 0.2) is 17.3 Å². The van der Waals surface area contributed by atoms with Crippen molar-refractivity contribution >= 4 is 94.3 Å². The molecular weight excluding hydrogens is 965 g/mol. The van der Waals surface area contributed by atoms with E-state index in [4.69, 9.17) is 11.5 Å². The molecule has 0 saturated heterocycles. The highest BCUT2D eigenvalue weighted by molar-refractivity contribution is 5.96. The number of carbonyl (C=O) groups excluding carboxylic acids is 16. The van der Waals surface area contributed by atoms with Crippen molar-refractivity contribution in [2.45, 2.75) is 51.4 Å². The van der Waals surface area contributed by atoms with Gasteiger partial charge in [0.1, 0.15) is 45.1 Å². The van der Waals surface area contributed by atoms with Gasteiger partial charge in [-0.15, -0.1) is 0 Å². The summed E-state index contributed by atoms with van der Waals surface area (Å²) < 4.78 is 18.2. The first-order valence-corrected chi connectivity index (χ1v) is 21.9. The summed E-state index contributed by atoms with van der Waals surface area (Å²) >= 11 is 0. The largest absolute Gasteiger partial charge is 0.468 e. The maximum atomic E-state index is 13.0. The zero-order valence-electron chi connectivity index (χ0n) is 40.7. The van der Waals surface area contributed by atoms with Crippen molar-refractivity contribution in [3.63, 3.8) is 0 Å². The van der Waals surface area contributed by atoms with Crippen LogP contribution in [0.4, 0.5) is 0 Å². The van der Waals surface area contributed by atoms with Gasteiger partial charge in [-0.05, 0) is 6.42 Å². The highest BCUT2D eigenvalue weighted by Crippen LogP contribution is 2.05. The molecule has 0 rings (SSSR count). The second-order valence-electron chi connectivity index (χ2n) is 15.2. The number of hydrogen-bond donors (Lipinski definition) is 6. The Hall–Kier alpha value is -7.76. The first-order valence-electron chi connectivity index (χ1n) is 21.9. The maximum Gasteiger partial charge on any atom is 0.325 e. The number of methoxy groups -OCH3 is 4. The molecule has 0 unspecified atom stereocenters. The normalized spacial score (nSPS) is 10.2. The van der Waals surface area contributed by atoms with Crippen molar-refractivity contribution in [2.75, 3.05) is 120 Å². The van der Waals surface area contributed by atoms with Crippen LogP contribution in [0.15, 0.2) is 0 Å². The zero-order chi connectivity index (χ0) is 54.8. The number of ketones is 4. The fourth-order valence-electron chi connectivity index (χ4n) is 5.55. The Morgan fingerprint density at radius 2 is 0.694 bits per heavy atom. The van der Waals surface area contributed by atoms with Crippen LogP contribution in [-0.4, -0.2) is 234 Å². The molecule has 0 saturated carbocycles. The molecule has 30 nitrogen and oxygen atoms in total. The first kappa shape index (κ1) is 64.2. The molecule has 0 aliphatic carbocycles. The SMILES string of the molecule is COC(=O)CN(CC(=O)CCCNC(=O)CN(CC(=O)OC)C(=O)CNC(=O)CCC(=O)CN(CC(=O)OC)C(=O)CCC(=O)CN)C(=O)CCC(=O)CNC(=O)CN(CC(=O)OC)C(=O)CNC(=O)CN. The average Bonchev–Trinajstić information content (AvgIpc) is 3.36. The van der Waals surface area contributed by atoms with Crippen molar-refractivity contribution in [1.29, 1.82) is 0 Å². The van der Waals surface area contributed by atoms with Gasteiger partial charge in [-0.3, -0.25) is 76.7 Å². The van der Waals surface area contributed by atoms with Crippen LogP contribution in [0.3, 0.4) is 0 Å². The number of ether oxygens (including phenoxy) is 4. The molecule has 8 N–H and O–H groups in total. The van der Waals surface area contributed by atoms with Crippen LogP contribution in [0.25, 0.3) is 0 Å². The molecule has 0 heterocycles. The summed E-state index contributed by atoms with van der Waals surface area (Å²) in [6.45, 7) is -8.01. The Balaban J connectivity index is 5.19. The molecule has 0 aliphatic heterocycles. The molecule has 0 spiro atoms. The minimum atomic E-state index is -0.918. The van der Waals surface area contributed by atoms with Crippen LogP contribution < -0.4 is 32.7 Å². The highest BCUT2D eigenvalue weighted by Gasteiger charge is 2.26. The van der Waals surface area contributed by atoms with Crippen molar-refractivity contribution < 1.29 is 95.7 Å². The fraction of sp³-hybridized carbons (Fsp3) is 0.619. The summed E-state index contributed by atoms with van der Waals surface area (Å²) in [5, 5.41) is 9.15. The second-order valence-corrected chi connectivity index (χ2v) is 15.2. The van der Waals surface area contributed by atoms with Crippen molar-refractivity contribution in [3.8, 4) is 0 Å². The van der Waals surface area contributed by atoms with Crippen LogP contribution in [0.2, 0.25) is 0 Å². The Labute approximate surface area is 413 Å². The van der Waals surface area contributed by atoms with Crippen molar-refractivity contribution in [3.05, 3.63) is 0 Å². The Morgan fingerprint density at radius 1 is 0.333 bits per heavy atom. The zero-order valence-corrected chi connectivity index (χ0v) is 40.7. The van der Waals surface area contributed by atoms with Gasteiger partial charge in [0, 0.05) is 51.5 Å². The van der Waals surface area contributed by atoms with Crippen molar-refractivity contribution in [1.82, 2.24) is 40.9 Å². The monoisotopic (exact) mass is 1030 g/mol. The van der Waals surface area contributed by atoms with Gasteiger partial charge in [-0.2, -0.15) is 0 Å². The molecule has 30 heteroatoms. The standard InChI is InChI=1S/C42H64N10O20/c1-69-39(65)23-49(36(62)12-9-28(54)16-46-34(60)22-52(26-42(68)72-4)38(64)18-48-32(58)15-44)19-29(55)6-5-13-45-33(59)21-51(25-41(67)71-3)37(63)17-47-31(57)10-7-30(56)20-50(24-40(66)70-2)35(61)11-8-27(53)14-43/h5-26,43-44H2,1-4H3,(H,45,59)(H,46,60)(H,47,57)(H,48,58). The van der Waals surface area contributed by atoms with E-state index in [1.165, 1.54) is 0 Å². The van der Waals surface area contributed by atoms with E-state index in [1.807, 2.05) is 0 Å². The lowest BCUT2D eigenvalue weighted by Crippen LogP contribution is -2.48. The van der Waals surface area contributed by atoms with Gasteiger partial charge in [-0.25, -0.2) is 0 Å². The van der Waals surface area contributed by atoms with E-state index in [0.717, 1.165) is 48.0 Å². The van der Waals surface area contributed by atoms with Crippen molar-refractivity contribution in [2.24, 2.45) is 11.5 Å². The third kappa shape index (κ3) is 29.3. The number of nitrogens with one attached hydrogen (secondary N) is 4. The third-order valence-corrected chi connectivity index (χ3v) is 9.59. The lowest BCUT2D eigenvalue weighted by molar-refractivity contribution is -0.148. The summed E-state index contributed by atoms with van der Waals surface area (Å²) in [6.07, 6.45) is -2.63. The van der Waals surface area contributed by atoms with E-state index in [-0.39, 0.29) is 38.8 Å². The minimum Gasteiger partial charge on any atom is -0.468 e. The average molecular weight is 1030 g/mol. The van der Waals surface area contributed by atoms with Crippen LogP contribution in [0.1, 0.15) is 51.4 Å². The molecule has 0 fully saturated rings. The van der Waals surface area contributed by atoms with E-state index < -0.39 is 198 Å². The number of amides is 8. The predicted molar refractivity (Wildman–Crippen MR) is 241 cm³/mol. The highest BCUT2D eigenvalue weighted by atomic mass is 16.5. The molecule has 402 valence electrons. The fourth-order valence-corrected chi connectivity index (χ4v) is 5.55. The quantitative estimate of drug-likeness (QED) is 0.0191. The van der Waals surface area contributed by atoms with Gasteiger partial charge in [-0.1, -0.05) is 0 Å². The molecule has 8 amide bonds. The third-order valence-electron chi connectivity index (χ3n) is 9.59. The topological polar surface area (TPSA) is 423 Å². The van der Waals surface area contributed by atoms with Crippen LogP contribution in [0, 0.1) is 0 Å². The Kier molecular flexibility index (Phi) is 32.3. The summed E-state index contributed by atoms with van der Waals surface area (Å²) in [5.74, 6) is -12.2. The van der Waals surface area contributed by atoms with E-state index >= 15 is 0 Å². The molecule has 0 aliphatic rings. The van der Waals surface area contributed by atoms with Gasteiger partial charge in [0.05, 0.1) is 74.3 Å². The summed E-state index contributed by atoms with van der Waals surface area (Å²) in [5.41, 5.74) is 10.4. The molecule has 0 aromatic heterocycles. The summed E-state index contributed by atoms with van der Waals surface area (Å²) in [7, 11) is 4.18. The molecular formula is C42H64N10O20. The van der Waals surface area contributed by atoms with Gasteiger partial charge >= 0.3 is 23.9 Å². The Bertz CT molecular complexity index is 1860. The number of nitrogens with zero attached hydrogens (tertiary/aromatic N) is 4. The van der Waals surface area contributed by atoms with E-state index in [1.54, 1.807) is 0 Å². The lowest BCUT2D eigenvalue weighted by atomic mass is 10.1. The smallest absolute Gasteiger partial charge is 0.325 e. The number of esters is 4. The van der Waals surface area contributed by atoms with Crippen LogP contribution in [-0.2, 0) is 95.7 Å². The summed E-state index contributed by atoms with van der Waals surface area (Å²) in [6, 6.07) is 0. The summed E-state index contributed by atoms with van der Waals surface area (Å²) in [4.78, 5) is 201.